The topological polar surface area (TPSA) is 55.0 Å². The van der Waals surface area contributed by atoms with Gasteiger partial charge in [0.1, 0.15) is 5.82 Å². The average molecular weight is 238 g/mol. The molecule has 88 valence electrons. The van der Waals surface area contributed by atoms with Crippen molar-refractivity contribution in [3.8, 4) is 0 Å². The van der Waals surface area contributed by atoms with Gasteiger partial charge in [0.15, 0.2) is 0 Å². The van der Waals surface area contributed by atoms with Gasteiger partial charge in [0.25, 0.3) is 0 Å². The number of hydrogen-bond donors (Lipinski definition) is 1. The maximum absolute atomic E-state index is 5.70. The Kier molecular flexibility index (Phi) is 2.81. The number of piperidine rings is 1. The quantitative estimate of drug-likeness (QED) is 0.869. The normalized spacial score (nSPS) is 22.7. The Morgan fingerprint density at radius 3 is 2.62 bits per heavy atom. The van der Waals surface area contributed by atoms with Crippen molar-refractivity contribution in [2.24, 2.45) is 11.7 Å². The van der Waals surface area contributed by atoms with Crippen molar-refractivity contribution in [2.75, 3.05) is 24.5 Å². The highest BCUT2D eigenvalue weighted by Gasteiger charge is 2.29. The second-order valence-corrected chi connectivity index (χ2v) is 5.61. The van der Waals surface area contributed by atoms with Crippen LogP contribution in [0.5, 0.6) is 0 Å². The molecule has 0 unspecified atom stereocenters. The van der Waals surface area contributed by atoms with Crippen LogP contribution in [0.4, 0.5) is 5.13 Å². The predicted octanol–water partition coefficient (Wildman–Crippen LogP) is 1.59. The molecule has 2 N–H and O–H groups in total. The first-order valence-electron chi connectivity index (χ1n) is 6.15. The Morgan fingerprint density at radius 2 is 2.00 bits per heavy atom. The first kappa shape index (κ1) is 10.5. The minimum absolute atomic E-state index is 0.673. The molecule has 0 radical (unpaired) electrons. The molecular formula is C11H18N4S. The zero-order valence-electron chi connectivity index (χ0n) is 9.43. The first-order chi connectivity index (χ1) is 7.86. The molecule has 1 aromatic heterocycles. The number of nitrogens with zero attached hydrogens (tertiary/aromatic N) is 3. The van der Waals surface area contributed by atoms with Crippen LogP contribution in [-0.2, 0) is 0 Å². The smallest absolute Gasteiger partial charge is 0.205 e. The van der Waals surface area contributed by atoms with E-state index in [-0.39, 0.29) is 0 Å². The molecule has 1 aromatic rings. The zero-order chi connectivity index (χ0) is 11.0. The number of aromatic nitrogens is 2. The molecule has 0 spiro atoms. The fraction of sp³-hybridized carbons (Fsp3) is 0.818. The van der Waals surface area contributed by atoms with Gasteiger partial charge in [-0.2, -0.15) is 4.37 Å². The summed E-state index contributed by atoms with van der Waals surface area (Å²) in [6, 6.07) is 0. The van der Waals surface area contributed by atoms with Gasteiger partial charge < -0.3 is 10.6 Å². The van der Waals surface area contributed by atoms with E-state index < -0.39 is 0 Å². The lowest BCUT2D eigenvalue weighted by Crippen LogP contribution is -2.36. The maximum atomic E-state index is 5.70. The fourth-order valence-corrected chi connectivity index (χ4v) is 3.02. The minimum atomic E-state index is 0.673. The van der Waals surface area contributed by atoms with Crippen LogP contribution < -0.4 is 10.6 Å². The summed E-state index contributed by atoms with van der Waals surface area (Å²) >= 11 is 1.57. The molecule has 0 amide bonds. The van der Waals surface area contributed by atoms with Gasteiger partial charge >= 0.3 is 0 Å². The predicted molar refractivity (Wildman–Crippen MR) is 65.9 cm³/mol. The molecule has 1 saturated carbocycles. The van der Waals surface area contributed by atoms with Crippen LogP contribution in [-0.4, -0.2) is 29.0 Å². The van der Waals surface area contributed by atoms with E-state index in [1.54, 1.807) is 11.5 Å². The molecule has 4 nitrogen and oxygen atoms in total. The van der Waals surface area contributed by atoms with Crippen molar-refractivity contribution in [1.29, 1.82) is 0 Å². The lowest BCUT2D eigenvalue weighted by atomic mass is 9.98. The Hall–Kier alpha value is -0.680. The third-order valence-corrected chi connectivity index (χ3v) is 4.38. The standard InChI is InChI=1S/C11H18N4S/c12-7-8-3-5-15(6-4-8)11-13-10(14-16-11)9-1-2-9/h8-9H,1-7,12H2. The molecule has 5 heteroatoms. The van der Waals surface area contributed by atoms with Crippen LogP contribution >= 0.6 is 11.5 Å². The molecule has 2 aliphatic rings. The molecule has 16 heavy (non-hydrogen) atoms. The summed E-state index contributed by atoms with van der Waals surface area (Å²) in [7, 11) is 0. The highest BCUT2D eigenvalue weighted by Crippen LogP contribution is 2.40. The summed E-state index contributed by atoms with van der Waals surface area (Å²) in [5.74, 6) is 2.47. The van der Waals surface area contributed by atoms with E-state index in [2.05, 4.69) is 14.3 Å². The van der Waals surface area contributed by atoms with Gasteiger partial charge in [0, 0.05) is 30.5 Å². The third-order valence-electron chi connectivity index (χ3n) is 3.59. The summed E-state index contributed by atoms with van der Waals surface area (Å²) < 4.78 is 4.46. The van der Waals surface area contributed by atoms with E-state index in [0.717, 1.165) is 30.6 Å². The minimum Gasteiger partial charge on any atom is -0.347 e. The van der Waals surface area contributed by atoms with Crippen LogP contribution in [0.15, 0.2) is 0 Å². The molecule has 2 heterocycles. The van der Waals surface area contributed by atoms with Crippen molar-refractivity contribution in [3.05, 3.63) is 5.82 Å². The van der Waals surface area contributed by atoms with Gasteiger partial charge in [-0.15, -0.1) is 0 Å². The summed E-state index contributed by atoms with van der Waals surface area (Å²) in [6.07, 6.45) is 4.97. The van der Waals surface area contributed by atoms with Crippen molar-refractivity contribution < 1.29 is 0 Å². The molecule has 1 aliphatic carbocycles. The number of rotatable bonds is 3. The summed E-state index contributed by atoms with van der Waals surface area (Å²) in [6.45, 7) is 3.03. The molecule has 0 bridgehead atoms. The van der Waals surface area contributed by atoms with Gasteiger partial charge in [-0.3, -0.25) is 0 Å². The molecule has 1 saturated heterocycles. The van der Waals surface area contributed by atoms with Crippen molar-refractivity contribution in [1.82, 2.24) is 9.36 Å². The van der Waals surface area contributed by atoms with E-state index in [4.69, 9.17) is 5.73 Å². The highest BCUT2D eigenvalue weighted by molar-refractivity contribution is 7.09. The van der Waals surface area contributed by atoms with Crippen LogP contribution in [0.2, 0.25) is 0 Å². The van der Waals surface area contributed by atoms with Crippen LogP contribution in [0.1, 0.15) is 37.4 Å². The number of anilines is 1. The van der Waals surface area contributed by atoms with Crippen LogP contribution in [0.3, 0.4) is 0 Å². The number of hydrogen-bond acceptors (Lipinski definition) is 5. The van der Waals surface area contributed by atoms with Gasteiger partial charge in [0.2, 0.25) is 5.13 Å². The van der Waals surface area contributed by atoms with Gasteiger partial charge in [-0.25, -0.2) is 4.98 Å². The van der Waals surface area contributed by atoms with E-state index >= 15 is 0 Å². The van der Waals surface area contributed by atoms with E-state index in [9.17, 15) is 0 Å². The van der Waals surface area contributed by atoms with Crippen LogP contribution in [0, 0.1) is 5.92 Å². The fourth-order valence-electron chi connectivity index (χ4n) is 2.22. The molecule has 1 aliphatic heterocycles. The molecule has 3 rings (SSSR count). The van der Waals surface area contributed by atoms with Crippen LogP contribution in [0.25, 0.3) is 0 Å². The Morgan fingerprint density at radius 1 is 1.25 bits per heavy atom. The SMILES string of the molecule is NCC1CCN(c2nc(C3CC3)ns2)CC1. The largest absolute Gasteiger partial charge is 0.347 e. The zero-order valence-corrected chi connectivity index (χ0v) is 10.2. The highest BCUT2D eigenvalue weighted by atomic mass is 32.1. The van der Waals surface area contributed by atoms with Gasteiger partial charge in [-0.1, -0.05) is 0 Å². The molecule has 2 fully saturated rings. The van der Waals surface area contributed by atoms with Gasteiger partial charge in [-0.05, 0) is 38.1 Å². The maximum Gasteiger partial charge on any atom is 0.205 e. The molecule has 0 aromatic carbocycles. The first-order valence-corrected chi connectivity index (χ1v) is 6.93. The van der Waals surface area contributed by atoms with E-state index in [0.29, 0.717) is 11.8 Å². The Balaban J connectivity index is 1.63. The summed E-state index contributed by atoms with van der Waals surface area (Å²) in [4.78, 5) is 7.02. The second-order valence-electron chi connectivity index (χ2n) is 4.88. The van der Waals surface area contributed by atoms with Crippen molar-refractivity contribution >= 4 is 16.7 Å². The number of nitrogens with two attached hydrogens (primary N) is 1. The monoisotopic (exact) mass is 238 g/mol. The van der Waals surface area contributed by atoms with E-state index in [1.807, 2.05) is 0 Å². The Labute approximate surface area is 100 Å². The second kappa shape index (κ2) is 4.30. The molecular weight excluding hydrogens is 220 g/mol. The summed E-state index contributed by atoms with van der Waals surface area (Å²) in [5, 5.41) is 1.12. The third kappa shape index (κ3) is 2.06. The lowest BCUT2D eigenvalue weighted by molar-refractivity contribution is 0.414. The Bertz CT molecular complexity index is 353. The molecule has 0 atom stereocenters. The van der Waals surface area contributed by atoms with Crippen molar-refractivity contribution in [3.63, 3.8) is 0 Å². The lowest BCUT2D eigenvalue weighted by Gasteiger charge is -2.30. The summed E-state index contributed by atoms with van der Waals surface area (Å²) in [5.41, 5.74) is 5.70. The van der Waals surface area contributed by atoms with E-state index in [1.165, 1.54) is 25.7 Å². The van der Waals surface area contributed by atoms with Gasteiger partial charge in [0.05, 0.1) is 0 Å². The average Bonchev–Trinajstić information content (AvgIpc) is 3.08. The van der Waals surface area contributed by atoms with Crippen molar-refractivity contribution in [2.45, 2.75) is 31.6 Å².